The lowest BCUT2D eigenvalue weighted by atomic mass is 10.2. The number of carbonyl (C=O) groups excluding carboxylic acids is 1. The maximum absolute atomic E-state index is 12.0. The fourth-order valence-electron chi connectivity index (χ4n) is 1.94. The molecule has 0 spiro atoms. The van der Waals surface area contributed by atoms with Crippen molar-refractivity contribution in [3.05, 3.63) is 67.8 Å². The Bertz CT molecular complexity index is 900. The van der Waals surface area contributed by atoms with Crippen molar-refractivity contribution in [2.24, 2.45) is 5.10 Å². The number of nitro groups is 1. The fraction of sp³-hybridized carbons (Fsp3) is 0.133. The first-order chi connectivity index (χ1) is 11.3. The van der Waals surface area contributed by atoms with Crippen LogP contribution >= 0.6 is 0 Å². The molecule has 0 aliphatic carbocycles. The van der Waals surface area contributed by atoms with Gasteiger partial charge in [-0.2, -0.15) is 5.10 Å². The highest BCUT2D eigenvalue weighted by atomic mass is 16.6. The van der Waals surface area contributed by atoms with Crippen LogP contribution in [0, 0.1) is 17.0 Å². The lowest BCUT2D eigenvalue weighted by molar-refractivity contribution is -0.384. The summed E-state index contributed by atoms with van der Waals surface area (Å²) in [7, 11) is 0. The quantitative estimate of drug-likeness (QED) is 0.497. The number of hydrazone groups is 1. The molecule has 0 fully saturated rings. The molecule has 0 atom stereocenters. The maximum Gasteiger partial charge on any atom is 0.348 e. The number of nitrogens with one attached hydrogen (secondary N) is 1. The summed E-state index contributed by atoms with van der Waals surface area (Å²) in [6.45, 7) is 2.90. The Hall–Kier alpha value is -3.49. The number of nitrogens with zero attached hydrogens (tertiary/aromatic N) is 2. The summed E-state index contributed by atoms with van der Waals surface area (Å²) < 4.78 is 4.86. The highest BCUT2D eigenvalue weighted by Gasteiger charge is 2.14. The number of aryl methyl sites for hydroxylation is 1. The number of amides is 1. The van der Waals surface area contributed by atoms with Crippen LogP contribution in [-0.2, 0) is 0 Å². The van der Waals surface area contributed by atoms with Crippen molar-refractivity contribution in [2.75, 3.05) is 0 Å². The first-order valence-corrected chi connectivity index (χ1v) is 6.72. The van der Waals surface area contributed by atoms with E-state index in [2.05, 4.69) is 10.5 Å². The number of aromatic hydroxyl groups is 1. The van der Waals surface area contributed by atoms with Gasteiger partial charge in [-0.3, -0.25) is 14.9 Å². The van der Waals surface area contributed by atoms with E-state index in [-0.39, 0.29) is 34.0 Å². The second-order valence-electron chi connectivity index (χ2n) is 4.85. The molecule has 2 aromatic rings. The van der Waals surface area contributed by atoms with Gasteiger partial charge in [0.15, 0.2) is 0 Å². The molecule has 1 aromatic heterocycles. The molecule has 1 aromatic carbocycles. The normalized spacial score (nSPS) is 11.2. The first-order valence-electron chi connectivity index (χ1n) is 6.72. The number of benzene rings is 1. The van der Waals surface area contributed by atoms with Crippen molar-refractivity contribution in [1.82, 2.24) is 5.43 Å². The van der Waals surface area contributed by atoms with Gasteiger partial charge in [-0.1, -0.05) is 6.07 Å². The van der Waals surface area contributed by atoms with E-state index in [0.717, 1.165) is 6.07 Å². The third kappa shape index (κ3) is 3.64. The molecule has 2 N–H and O–H groups in total. The second kappa shape index (κ2) is 6.73. The average Bonchev–Trinajstić information content (AvgIpc) is 2.51. The van der Waals surface area contributed by atoms with E-state index in [1.54, 1.807) is 0 Å². The molecule has 9 heteroatoms. The second-order valence-corrected chi connectivity index (χ2v) is 4.85. The average molecular weight is 331 g/mol. The smallest absolute Gasteiger partial charge is 0.348 e. The Labute approximate surface area is 135 Å². The number of hydrogen-bond donors (Lipinski definition) is 2. The van der Waals surface area contributed by atoms with Crippen molar-refractivity contribution in [1.29, 1.82) is 0 Å². The minimum atomic E-state index is -0.793. The standard InChI is InChI=1S/C15H13N3O6/c1-8-6-12(19)13(15(21)24-8)9(2)16-17-14(20)10-4-3-5-11(7-10)18(22)23/h3-7,19H,1-2H3,(H,17,20)/b16-9-. The minimum Gasteiger partial charge on any atom is -0.507 e. The van der Waals surface area contributed by atoms with Crippen LogP contribution in [0.3, 0.4) is 0 Å². The van der Waals surface area contributed by atoms with Gasteiger partial charge < -0.3 is 9.52 Å². The van der Waals surface area contributed by atoms with Crippen molar-refractivity contribution >= 4 is 17.3 Å². The number of rotatable bonds is 4. The fourth-order valence-corrected chi connectivity index (χ4v) is 1.94. The van der Waals surface area contributed by atoms with Crippen LogP contribution in [0.5, 0.6) is 5.75 Å². The van der Waals surface area contributed by atoms with Crippen LogP contribution in [0.2, 0.25) is 0 Å². The molecule has 1 heterocycles. The van der Waals surface area contributed by atoms with Gasteiger partial charge in [0.1, 0.15) is 17.1 Å². The zero-order chi connectivity index (χ0) is 17.9. The van der Waals surface area contributed by atoms with Crippen molar-refractivity contribution in [3.63, 3.8) is 0 Å². The lowest BCUT2D eigenvalue weighted by Gasteiger charge is -2.04. The maximum atomic E-state index is 12.0. The van der Waals surface area contributed by atoms with Gasteiger partial charge in [0.2, 0.25) is 0 Å². The van der Waals surface area contributed by atoms with Crippen LogP contribution < -0.4 is 11.1 Å². The Kier molecular flexibility index (Phi) is 4.73. The van der Waals surface area contributed by atoms with Crippen LogP contribution in [0.15, 0.2) is 44.6 Å². The van der Waals surface area contributed by atoms with E-state index in [4.69, 9.17) is 4.42 Å². The molecule has 0 saturated carbocycles. The van der Waals surface area contributed by atoms with Gasteiger partial charge in [0.25, 0.3) is 11.6 Å². The molecule has 24 heavy (non-hydrogen) atoms. The zero-order valence-electron chi connectivity index (χ0n) is 12.8. The molecule has 0 aliphatic rings. The molecule has 2 rings (SSSR count). The zero-order valence-corrected chi connectivity index (χ0v) is 12.8. The Morgan fingerprint density at radius 2 is 2.08 bits per heavy atom. The Morgan fingerprint density at radius 3 is 2.71 bits per heavy atom. The van der Waals surface area contributed by atoms with E-state index >= 15 is 0 Å². The highest BCUT2D eigenvalue weighted by Crippen LogP contribution is 2.15. The number of non-ortho nitro benzene ring substituents is 1. The van der Waals surface area contributed by atoms with Crippen molar-refractivity contribution < 1.29 is 19.2 Å². The Morgan fingerprint density at radius 1 is 1.38 bits per heavy atom. The summed E-state index contributed by atoms with van der Waals surface area (Å²) in [5, 5.41) is 24.2. The predicted octanol–water partition coefficient (Wildman–Crippen LogP) is 1.72. The molecule has 1 amide bonds. The topological polar surface area (TPSA) is 135 Å². The van der Waals surface area contributed by atoms with E-state index in [1.165, 1.54) is 38.1 Å². The monoisotopic (exact) mass is 331 g/mol. The highest BCUT2D eigenvalue weighted by molar-refractivity contribution is 6.02. The van der Waals surface area contributed by atoms with Gasteiger partial charge in [-0.15, -0.1) is 0 Å². The molecule has 0 bridgehead atoms. The van der Waals surface area contributed by atoms with E-state index < -0.39 is 16.5 Å². The van der Waals surface area contributed by atoms with Crippen LogP contribution in [0.4, 0.5) is 5.69 Å². The molecular formula is C15H13N3O6. The van der Waals surface area contributed by atoms with Crippen LogP contribution in [0.1, 0.15) is 28.6 Å². The number of hydrogen-bond acceptors (Lipinski definition) is 7. The summed E-state index contributed by atoms with van der Waals surface area (Å²) in [6.07, 6.45) is 0. The van der Waals surface area contributed by atoms with Crippen LogP contribution in [0.25, 0.3) is 0 Å². The predicted molar refractivity (Wildman–Crippen MR) is 84.2 cm³/mol. The minimum absolute atomic E-state index is 0.0278. The first kappa shape index (κ1) is 16.9. The molecule has 0 radical (unpaired) electrons. The summed E-state index contributed by atoms with van der Waals surface area (Å²) in [6, 6.07) is 6.34. The van der Waals surface area contributed by atoms with Crippen molar-refractivity contribution in [3.8, 4) is 5.75 Å². The van der Waals surface area contributed by atoms with Gasteiger partial charge in [-0.05, 0) is 19.9 Å². The lowest BCUT2D eigenvalue weighted by Crippen LogP contribution is -2.21. The Balaban J connectivity index is 2.24. The van der Waals surface area contributed by atoms with Gasteiger partial charge in [-0.25, -0.2) is 10.2 Å². The largest absolute Gasteiger partial charge is 0.507 e. The number of nitro benzene ring substituents is 1. The van der Waals surface area contributed by atoms with Crippen LogP contribution in [-0.4, -0.2) is 21.6 Å². The van der Waals surface area contributed by atoms with E-state index in [9.17, 15) is 24.8 Å². The SMILES string of the molecule is C/C(=N/NC(=O)c1cccc([N+](=O)[O-])c1)c1c(O)cc(C)oc1=O. The van der Waals surface area contributed by atoms with Gasteiger partial charge >= 0.3 is 5.63 Å². The molecule has 0 saturated heterocycles. The summed E-state index contributed by atoms with van der Waals surface area (Å²) >= 11 is 0. The molecule has 0 unspecified atom stereocenters. The number of carbonyl (C=O) groups is 1. The third-order valence-electron chi connectivity index (χ3n) is 3.06. The van der Waals surface area contributed by atoms with E-state index in [0.29, 0.717) is 0 Å². The van der Waals surface area contributed by atoms with Gasteiger partial charge in [0, 0.05) is 23.8 Å². The van der Waals surface area contributed by atoms with Gasteiger partial charge in [0.05, 0.1) is 10.6 Å². The molecule has 0 aliphatic heterocycles. The molecule has 9 nitrogen and oxygen atoms in total. The summed E-state index contributed by atoms with van der Waals surface area (Å²) in [4.78, 5) is 33.8. The summed E-state index contributed by atoms with van der Waals surface area (Å²) in [5.74, 6) is -0.793. The summed E-state index contributed by atoms with van der Waals surface area (Å²) in [5.41, 5.74) is 1.01. The molecule has 124 valence electrons. The molecular weight excluding hydrogens is 318 g/mol. The third-order valence-corrected chi connectivity index (χ3v) is 3.06. The van der Waals surface area contributed by atoms with E-state index in [1.807, 2.05) is 0 Å². The van der Waals surface area contributed by atoms with Crippen molar-refractivity contribution in [2.45, 2.75) is 13.8 Å².